The van der Waals surface area contributed by atoms with Crippen molar-refractivity contribution in [3.05, 3.63) is 24.7 Å². The van der Waals surface area contributed by atoms with Gasteiger partial charge in [0.25, 0.3) is 20.8 Å². The average molecular weight is 539 g/mol. The second kappa shape index (κ2) is 26.8. The van der Waals surface area contributed by atoms with Crippen LogP contribution in [-0.4, -0.2) is 63.7 Å². The number of rotatable bonds is 20. The van der Waals surface area contributed by atoms with Crippen molar-refractivity contribution in [3.8, 4) is 0 Å². The zero-order valence-electron chi connectivity index (χ0n) is 20.4. The van der Waals surface area contributed by atoms with Crippen LogP contribution in [-0.2, 0) is 29.2 Å². The molecule has 0 heterocycles. The average Bonchev–Trinajstić information content (AvgIpc) is 2.70. The van der Waals surface area contributed by atoms with Gasteiger partial charge >= 0.3 is 37.7 Å². The molecule has 0 N–H and O–H groups in total. The van der Waals surface area contributed by atoms with E-state index in [0.29, 0.717) is 0 Å². The molecule has 0 bridgehead atoms. The van der Waals surface area contributed by atoms with Crippen LogP contribution in [0, 0.1) is 0 Å². The summed E-state index contributed by atoms with van der Waals surface area (Å²) in [6.07, 6.45) is 23.5. The van der Waals surface area contributed by atoms with Gasteiger partial charge in [-0.1, -0.05) is 90.9 Å². The Balaban J connectivity index is -0.000000529. The van der Waals surface area contributed by atoms with E-state index >= 15 is 0 Å². The van der Waals surface area contributed by atoms with Crippen LogP contribution in [0.4, 0.5) is 0 Å². The van der Waals surface area contributed by atoms with Gasteiger partial charge in [-0.15, -0.1) is 0 Å². The predicted molar refractivity (Wildman–Crippen MR) is 131 cm³/mol. The molecule has 0 aromatic carbocycles. The molecule has 0 saturated heterocycles. The minimum absolute atomic E-state index is 0. The maximum Gasteiger partial charge on any atom is 2.00 e. The van der Waals surface area contributed by atoms with E-state index in [-0.39, 0.29) is 37.7 Å². The van der Waals surface area contributed by atoms with E-state index in [4.69, 9.17) is 0 Å². The molecule has 0 rings (SSSR count). The number of allylic oxidation sites excluding steroid dienone is 2. The molecule has 0 aromatic heterocycles. The molecule has 0 atom stereocenters. The molecule has 0 amide bonds. The summed E-state index contributed by atoms with van der Waals surface area (Å²) < 4.78 is 68.1. The van der Waals surface area contributed by atoms with Gasteiger partial charge in [0.05, 0.1) is 0 Å². The van der Waals surface area contributed by atoms with Crippen LogP contribution < -0.4 is 0 Å². The van der Waals surface area contributed by atoms with Gasteiger partial charge in [0.2, 0.25) is 0 Å². The van der Waals surface area contributed by atoms with Gasteiger partial charge in [-0.05, 0) is 37.8 Å². The third-order valence-corrected chi connectivity index (χ3v) is 5.18. The van der Waals surface area contributed by atoms with Crippen molar-refractivity contribution in [1.29, 1.82) is 0 Å². The molecule has 33 heavy (non-hydrogen) atoms. The summed E-state index contributed by atoms with van der Waals surface area (Å²) in [7, 11) is -9.14. The van der Waals surface area contributed by atoms with Crippen LogP contribution in [0.3, 0.4) is 0 Å². The first-order valence-electron chi connectivity index (χ1n) is 11.7. The third kappa shape index (κ3) is 42.7. The molecule has 0 fully saturated rings. The van der Waals surface area contributed by atoms with Crippen molar-refractivity contribution < 1.29 is 34.3 Å². The van der Waals surface area contributed by atoms with Crippen LogP contribution in [0.5, 0.6) is 0 Å². The zero-order valence-corrected chi connectivity index (χ0v) is 24.3. The third-order valence-electron chi connectivity index (χ3n) is 4.49. The summed E-state index contributed by atoms with van der Waals surface area (Å²) in [4.78, 5) is 0. The molecule has 0 unspecified atom stereocenters. The van der Waals surface area contributed by atoms with E-state index < -0.39 is 20.8 Å². The van der Waals surface area contributed by atoms with Crippen molar-refractivity contribution >= 4 is 58.5 Å². The Bertz CT molecular complexity index is 604. The molecule has 8 nitrogen and oxygen atoms in total. The summed E-state index contributed by atoms with van der Waals surface area (Å²) in [5.41, 5.74) is 0. The Morgan fingerprint density at radius 3 is 1.09 bits per heavy atom. The number of hydrogen-bond acceptors (Lipinski definition) is 8. The van der Waals surface area contributed by atoms with Crippen LogP contribution in [0.25, 0.3) is 0 Å². The normalized spacial score (nSPS) is 11.8. The molecule has 0 spiro atoms. The van der Waals surface area contributed by atoms with E-state index in [1.165, 1.54) is 64.2 Å². The first kappa shape index (κ1) is 37.7. The van der Waals surface area contributed by atoms with Gasteiger partial charge in [0.1, 0.15) is 12.5 Å². The van der Waals surface area contributed by atoms with Crippen molar-refractivity contribution in [3.63, 3.8) is 0 Å². The predicted octanol–water partition coefficient (Wildman–Crippen LogP) is 5.85. The Labute approximate surface area is 232 Å². The summed E-state index contributed by atoms with van der Waals surface area (Å²) >= 11 is 0. The zero-order chi connectivity index (χ0) is 24.6. The van der Waals surface area contributed by atoms with E-state index in [1.807, 2.05) is 0 Å². The van der Waals surface area contributed by atoms with Gasteiger partial charge in [0, 0.05) is 0 Å². The largest absolute Gasteiger partial charge is 2.00 e. The molecule has 0 aliphatic rings. The summed E-state index contributed by atoms with van der Waals surface area (Å²) in [5, 5.41) is 0. The molecule has 0 saturated carbocycles. The Kier molecular flexibility index (Phi) is 30.6. The minimum Gasteiger partial charge on any atom is -0.716 e. The van der Waals surface area contributed by atoms with Gasteiger partial charge in [0.15, 0.2) is 0 Å². The van der Waals surface area contributed by atoms with Crippen molar-refractivity contribution in [2.75, 3.05) is 0 Å². The summed E-state index contributed by atoms with van der Waals surface area (Å²) in [5.74, 6) is 0. The van der Waals surface area contributed by atoms with Crippen LogP contribution in [0.1, 0.15) is 117 Å². The second-order valence-corrected chi connectivity index (χ2v) is 9.59. The topological polar surface area (TPSA) is 133 Å². The Morgan fingerprint density at radius 1 is 0.545 bits per heavy atom. The van der Waals surface area contributed by atoms with Crippen molar-refractivity contribution in [2.45, 2.75) is 117 Å². The maximum atomic E-state index is 10.0. The Hall–Kier alpha value is 0.160. The standard InChI is InChI=1S/2C11H22O4S.Ca/c2*1-2-3-4-5-6-7-8-9-10-11-15-16(12,13)14;/h2*10-11H,2-9H2,1H3,(H,12,13,14);/q;;+2/p-2/b2*11-10+;. The Morgan fingerprint density at radius 2 is 0.818 bits per heavy atom. The molecule has 11 heteroatoms. The molecule has 0 aliphatic carbocycles. The summed E-state index contributed by atoms with van der Waals surface area (Å²) in [6.45, 7) is 4.38. The smallest absolute Gasteiger partial charge is 0.716 e. The van der Waals surface area contributed by atoms with Gasteiger partial charge in [-0.3, -0.25) is 0 Å². The molecular formula is C22H42CaO8S2. The molecule has 0 aromatic rings. The first-order chi connectivity index (χ1) is 15.1. The quantitative estimate of drug-likeness (QED) is 0.0619. The van der Waals surface area contributed by atoms with Crippen LogP contribution >= 0.6 is 0 Å². The van der Waals surface area contributed by atoms with Crippen LogP contribution in [0.15, 0.2) is 24.7 Å². The van der Waals surface area contributed by atoms with E-state index in [0.717, 1.165) is 51.0 Å². The van der Waals surface area contributed by atoms with Crippen LogP contribution in [0.2, 0.25) is 0 Å². The molecule has 0 aliphatic heterocycles. The number of hydrogen-bond donors (Lipinski definition) is 0. The van der Waals surface area contributed by atoms with E-state index in [1.54, 1.807) is 12.2 Å². The maximum absolute atomic E-state index is 10.0. The van der Waals surface area contributed by atoms with E-state index in [2.05, 4.69) is 22.2 Å². The van der Waals surface area contributed by atoms with E-state index in [9.17, 15) is 25.9 Å². The fourth-order valence-electron chi connectivity index (χ4n) is 2.79. The van der Waals surface area contributed by atoms with Crippen molar-refractivity contribution in [2.24, 2.45) is 0 Å². The van der Waals surface area contributed by atoms with Gasteiger partial charge in [-0.2, -0.15) is 0 Å². The molecule has 0 radical (unpaired) electrons. The SMILES string of the molecule is CCCCCCCCC/C=C/OS(=O)(=O)[O-].CCCCCCCCC/C=C/OS(=O)(=O)[O-].[Ca+2]. The van der Waals surface area contributed by atoms with Crippen molar-refractivity contribution in [1.82, 2.24) is 0 Å². The summed E-state index contributed by atoms with van der Waals surface area (Å²) in [6, 6.07) is 0. The number of unbranched alkanes of at least 4 members (excludes halogenated alkanes) is 14. The minimum atomic E-state index is -4.57. The van der Waals surface area contributed by atoms with Gasteiger partial charge in [-0.25, -0.2) is 16.8 Å². The van der Waals surface area contributed by atoms with Gasteiger partial charge < -0.3 is 17.5 Å². The molecular weight excluding hydrogens is 496 g/mol. The second-order valence-electron chi connectivity index (χ2n) is 7.57. The first-order valence-corrected chi connectivity index (χ1v) is 14.4. The fraction of sp³-hybridized carbons (Fsp3) is 0.818. The monoisotopic (exact) mass is 538 g/mol. The fourth-order valence-corrected chi connectivity index (χ4v) is 3.22. The molecule has 192 valence electrons.